The number of hydrogen-bond donors (Lipinski definition) is 1. The van der Waals surface area contributed by atoms with Crippen LogP contribution in [0.5, 0.6) is 11.5 Å². The van der Waals surface area contributed by atoms with Crippen LogP contribution in [0.4, 0.5) is 0 Å². The largest absolute Gasteiger partial charge is 0.496 e. The lowest BCUT2D eigenvalue weighted by Gasteiger charge is -2.20. The molecule has 4 heteroatoms. The fourth-order valence-corrected chi connectivity index (χ4v) is 3.20. The van der Waals surface area contributed by atoms with Gasteiger partial charge in [0.1, 0.15) is 11.5 Å². The summed E-state index contributed by atoms with van der Waals surface area (Å²) >= 11 is 3.56. The number of halogens is 1. The molecule has 1 aliphatic rings. The molecule has 1 atom stereocenters. The highest BCUT2D eigenvalue weighted by molar-refractivity contribution is 9.10. The maximum Gasteiger partial charge on any atom is 0.139 e. The number of ether oxygens (including phenoxy) is 2. The lowest BCUT2D eigenvalue weighted by molar-refractivity contribution is 0.380. The zero-order valence-electron chi connectivity index (χ0n) is 10.5. The topological polar surface area (TPSA) is 30.5 Å². The molecule has 0 amide bonds. The number of nitrogens with one attached hydrogen (secondary N) is 1. The van der Waals surface area contributed by atoms with Gasteiger partial charge in [0, 0.05) is 17.2 Å². The van der Waals surface area contributed by atoms with Gasteiger partial charge in [-0.3, -0.25) is 0 Å². The number of methoxy groups -OCH3 is 2. The van der Waals surface area contributed by atoms with Crippen molar-refractivity contribution < 1.29 is 9.47 Å². The Morgan fingerprint density at radius 3 is 2.53 bits per heavy atom. The lowest BCUT2D eigenvalue weighted by atomic mass is 10.0. The van der Waals surface area contributed by atoms with Crippen LogP contribution in [0.3, 0.4) is 0 Å². The Bertz CT molecular complexity index is 414. The third-order valence-electron chi connectivity index (χ3n) is 3.29. The van der Waals surface area contributed by atoms with Crippen molar-refractivity contribution in [3.8, 4) is 11.5 Å². The van der Waals surface area contributed by atoms with Gasteiger partial charge in [-0.1, -0.05) is 0 Å². The Balaban J connectivity index is 2.51. The van der Waals surface area contributed by atoms with E-state index in [1.807, 2.05) is 6.92 Å². The highest BCUT2D eigenvalue weighted by Crippen LogP contribution is 2.42. The molecule has 1 aromatic rings. The monoisotopic (exact) mass is 299 g/mol. The van der Waals surface area contributed by atoms with Gasteiger partial charge in [-0.2, -0.15) is 0 Å². The molecule has 3 nitrogen and oxygen atoms in total. The Kier molecular flexibility index (Phi) is 3.94. The Hall–Kier alpha value is -0.740. The van der Waals surface area contributed by atoms with Crippen LogP contribution < -0.4 is 14.8 Å². The van der Waals surface area contributed by atoms with E-state index >= 15 is 0 Å². The van der Waals surface area contributed by atoms with E-state index in [2.05, 4.69) is 27.3 Å². The zero-order chi connectivity index (χ0) is 12.4. The molecule has 1 saturated heterocycles. The van der Waals surface area contributed by atoms with Gasteiger partial charge in [-0.15, -0.1) is 0 Å². The van der Waals surface area contributed by atoms with Crippen molar-refractivity contribution in [2.24, 2.45) is 0 Å². The summed E-state index contributed by atoms with van der Waals surface area (Å²) in [6.07, 6.45) is 2.38. The summed E-state index contributed by atoms with van der Waals surface area (Å²) in [6, 6.07) is 2.50. The van der Waals surface area contributed by atoms with Crippen LogP contribution in [0.2, 0.25) is 0 Å². The zero-order valence-corrected chi connectivity index (χ0v) is 12.1. The van der Waals surface area contributed by atoms with E-state index in [4.69, 9.17) is 9.47 Å². The van der Waals surface area contributed by atoms with Gasteiger partial charge in [0.2, 0.25) is 0 Å². The van der Waals surface area contributed by atoms with Crippen LogP contribution in [-0.4, -0.2) is 20.8 Å². The first kappa shape index (κ1) is 12.7. The average Bonchev–Trinajstić information content (AvgIpc) is 2.82. The molecular formula is C13H18BrNO2. The Labute approximate surface area is 111 Å². The molecule has 0 spiro atoms. The molecule has 1 heterocycles. The maximum absolute atomic E-state index is 5.55. The minimum atomic E-state index is 0.394. The Morgan fingerprint density at radius 1 is 1.29 bits per heavy atom. The quantitative estimate of drug-likeness (QED) is 0.930. The van der Waals surface area contributed by atoms with Crippen LogP contribution in [0.15, 0.2) is 10.5 Å². The lowest BCUT2D eigenvalue weighted by Crippen LogP contribution is -2.14. The predicted octanol–water partition coefficient (Wildman–Crippen LogP) is 3.20. The molecule has 1 aliphatic heterocycles. The summed E-state index contributed by atoms with van der Waals surface area (Å²) in [6.45, 7) is 3.11. The molecule has 94 valence electrons. The first-order chi connectivity index (χ1) is 8.19. The fourth-order valence-electron chi connectivity index (χ4n) is 2.50. The van der Waals surface area contributed by atoms with Crippen LogP contribution in [0, 0.1) is 6.92 Å². The SMILES string of the molecule is COc1c(Br)cc(C2CCCN2)c(OC)c1C. The van der Waals surface area contributed by atoms with Crippen molar-refractivity contribution in [3.05, 3.63) is 21.7 Å². The second-order valence-electron chi connectivity index (χ2n) is 4.29. The summed E-state index contributed by atoms with van der Waals surface area (Å²) in [5.41, 5.74) is 2.27. The fraction of sp³-hybridized carbons (Fsp3) is 0.538. The summed E-state index contributed by atoms with van der Waals surface area (Å²) < 4.78 is 11.9. The van der Waals surface area contributed by atoms with Crippen molar-refractivity contribution in [2.45, 2.75) is 25.8 Å². The molecule has 0 aliphatic carbocycles. The summed E-state index contributed by atoms with van der Waals surface area (Å²) in [4.78, 5) is 0. The van der Waals surface area contributed by atoms with E-state index in [0.717, 1.165) is 34.5 Å². The smallest absolute Gasteiger partial charge is 0.139 e. The third-order valence-corrected chi connectivity index (χ3v) is 3.88. The van der Waals surface area contributed by atoms with E-state index in [9.17, 15) is 0 Å². The van der Waals surface area contributed by atoms with E-state index in [-0.39, 0.29) is 0 Å². The molecule has 2 rings (SSSR count). The summed E-state index contributed by atoms with van der Waals surface area (Å²) in [5, 5.41) is 3.50. The molecule has 1 fully saturated rings. The van der Waals surface area contributed by atoms with Gasteiger partial charge >= 0.3 is 0 Å². The second kappa shape index (κ2) is 5.27. The normalized spacial score (nSPS) is 19.4. The predicted molar refractivity (Wildman–Crippen MR) is 72.0 cm³/mol. The van der Waals surface area contributed by atoms with Gasteiger partial charge in [0.05, 0.1) is 18.7 Å². The van der Waals surface area contributed by atoms with Crippen molar-refractivity contribution in [1.82, 2.24) is 5.32 Å². The van der Waals surface area contributed by atoms with Crippen molar-refractivity contribution in [1.29, 1.82) is 0 Å². The second-order valence-corrected chi connectivity index (χ2v) is 5.14. The molecule has 17 heavy (non-hydrogen) atoms. The van der Waals surface area contributed by atoms with E-state index < -0.39 is 0 Å². The van der Waals surface area contributed by atoms with E-state index in [0.29, 0.717) is 6.04 Å². The molecule has 0 saturated carbocycles. The summed E-state index contributed by atoms with van der Waals surface area (Å²) in [5.74, 6) is 1.79. The summed E-state index contributed by atoms with van der Waals surface area (Å²) in [7, 11) is 3.40. The molecule has 0 bridgehead atoms. The first-order valence-corrected chi connectivity index (χ1v) is 6.62. The highest BCUT2D eigenvalue weighted by atomic mass is 79.9. The third kappa shape index (κ3) is 2.29. The molecule has 1 aromatic carbocycles. The minimum absolute atomic E-state index is 0.394. The van der Waals surface area contributed by atoms with Crippen molar-refractivity contribution in [3.63, 3.8) is 0 Å². The minimum Gasteiger partial charge on any atom is -0.496 e. The van der Waals surface area contributed by atoms with Crippen LogP contribution in [-0.2, 0) is 0 Å². The van der Waals surface area contributed by atoms with Gasteiger partial charge in [0.15, 0.2) is 0 Å². The average molecular weight is 300 g/mol. The maximum atomic E-state index is 5.55. The van der Waals surface area contributed by atoms with Crippen LogP contribution >= 0.6 is 15.9 Å². The molecule has 0 radical (unpaired) electrons. The molecule has 1 unspecified atom stereocenters. The molecular weight excluding hydrogens is 282 g/mol. The number of benzene rings is 1. The molecule has 1 N–H and O–H groups in total. The van der Waals surface area contributed by atoms with E-state index in [1.54, 1.807) is 14.2 Å². The van der Waals surface area contributed by atoms with Gasteiger partial charge in [0.25, 0.3) is 0 Å². The number of rotatable bonds is 3. The molecule has 0 aromatic heterocycles. The Morgan fingerprint density at radius 2 is 2.00 bits per heavy atom. The van der Waals surface area contributed by atoms with Crippen LogP contribution in [0.1, 0.15) is 30.0 Å². The van der Waals surface area contributed by atoms with Gasteiger partial charge in [-0.05, 0) is 48.3 Å². The first-order valence-electron chi connectivity index (χ1n) is 5.83. The van der Waals surface area contributed by atoms with Gasteiger partial charge < -0.3 is 14.8 Å². The van der Waals surface area contributed by atoms with Crippen molar-refractivity contribution in [2.75, 3.05) is 20.8 Å². The van der Waals surface area contributed by atoms with Gasteiger partial charge in [-0.25, -0.2) is 0 Å². The van der Waals surface area contributed by atoms with Crippen LogP contribution in [0.25, 0.3) is 0 Å². The standard InChI is InChI=1S/C13H18BrNO2/c1-8-12(16-2)9(11-5-4-6-15-11)7-10(14)13(8)17-3/h7,11,15H,4-6H2,1-3H3. The highest BCUT2D eigenvalue weighted by Gasteiger charge is 2.24. The number of hydrogen-bond acceptors (Lipinski definition) is 3. The van der Waals surface area contributed by atoms with E-state index in [1.165, 1.54) is 12.0 Å². The van der Waals surface area contributed by atoms with Crippen molar-refractivity contribution >= 4 is 15.9 Å².